The van der Waals surface area contributed by atoms with Crippen molar-refractivity contribution in [1.82, 2.24) is 36.3 Å². The van der Waals surface area contributed by atoms with Crippen LogP contribution in [0.25, 0.3) is 0 Å². The van der Waals surface area contributed by atoms with E-state index in [1.165, 1.54) is 43.8 Å². The molecule has 20 heteroatoms. The van der Waals surface area contributed by atoms with Crippen LogP contribution < -0.4 is 31.3 Å². The van der Waals surface area contributed by atoms with Crippen LogP contribution in [-0.4, -0.2) is 87.5 Å². The number of hydrazine groups is 1. The summed E-state index contributed by atoms with van der Waals surface area (Å²) in [7, 11) is 0. The molecule has 3 fully saturated rings. The van der Waals surface area contributed by atoms with Crippen LogP contribution >= 0.6 is 46.6 Å². The van der Waals surface area contributed by atoms with E-state index in [-0.39, 0.29) is 50.8 Å². The number of rotatable bonds is 14. The number of carbonyl (C=O) groups is 1. The first-order chi connectivity index (χ1) is 21.9. The highest BCUT2D eigenvalue weighted by molar-refractivity contribution is 7.80. The van der Waals surface area contributed by atoms with Crippen LogP contribution in [0.5, 0.6) is 0 Å². The van der Waals surface area contributed by atoms with Gasteiger partial charge in [-0.2, -0.15) is 0 Å². The number of aliphatic hydroxyl groups is 1. The molecule has 0 radical (unpaired) electrons. The van der Waals surface area contributed by atoms with Gasteiger partial charge >= 0.3 is 0 Å². The summed E-state index contributed by atoms with van der Waals surface area (Å²) in [5.41, 5.74) is 6.81. The third-order valence-electron chi connectivity index (χ3n) is 7.85. The van der Waals surface area contributed by atoms with E-state index in [1.54, 1.807) is 10.8 Å². The van der Waals surface area contributed by atoms with Crippen molar-refractivity contribution >= 4 is 67.9 Å². The zero-order chi connectivity index (χ0) is 32.5. The standard InChI is InChI=1S/C26H34F4N10O2S4/c27-25(28)10-39(11-25)23-32-16(8-44-23)5-18(41)34-21(43)37-31-7-14-2-1-3-15(4-14)20-36-38-22(46-20)35-19(42)6-17-9-45-24(33-17)40-12-26(29,30)13-40/h8-9,14-15,18,21,31,34,37,41,43H,1-7,10-13H2,(H,35,38,42). The number of halogens is 4. The van der Waals surface area contributed by atoms with E-state index in [1.807, 2.05) is 0 Å². The van der Waals surface area contributed by atoms with Gasteiger partial charge in [-0.15, -0.1) is 45.5 Å². The van der Waals surface area contributed by atoms with Crippen molar-refractivity contribution in [2.24, 2.45) is 5.92 Å². The predicted octanol–water partition coefficient (Wildman–Crippen LogP) is 3.28. The maximum absolute atomic E-state index is 13.1. The van der Waals surface area contributed by atoms with Gasteiger partial charge in [0.05, 0.1) is 44.0 Å². The van der Waals surface area contributed by atoms with Gasteiger partial charge in [0.25, 0.3) is 11.8 Å². The molecular formula is C26H34F4N10O2S4. The molecule has 252 valence electrons. The number of aliphatic hydroxyl groups excluding tert-OH is 1. The van der Waals surface area contributed by atoms with E-state index in [4.69, 9.17) is 0 Å². The van der Waals surface area contributed by atoms with Crippen molar-refractivity contribution in [3.8, 4) is 0 Å². The summed E-state index contributed by atoms with van der Waals surface area (Å²) in [6, 6.07) is 0. The first-order valence-electron chi connectivity index (χ1n) is 14.8. The van der Waals surface area contributed by atoms with E-state index in [0.29, 0.717) is 39.2 Å². The zero-order valence-electron chi connectivity index (χ0n) is 24.5. The van der Waals surface area contributed by atoms with Crippen molar-refractivity contribution in [1.29, 1.82) is 0 Å². The fraction of sp³-hybridized carbons (Fsp3) is 0.654. The van der Waals surface area contributed by atoms with E-state index < -0.39 is 23.6 Å². The smallest absolute Gasteiger partial charge is 0.282 e. The highest BCUT2D eigenvalue weighted by Gasteiger charge is 2.46. The number of thiol groups is 1. The quantitative estimate of drug-likeness (QED) is 0.0632. The predicted molar refractivity (Wildman–Crippen MR) is 172 cm³/mol. The van der Waals surface area contributed by atoms with Gasteiger partial charge in [0.2, 0.25) is 11.0 Å². The first kappa shape index (κ1) is 33.7. The maximum Gasteiger partial charge on any atom is 0.282 e. The van der Waals surface area contributed by atoms with Gasteiger partial charge in [0.15, 0.2) is 10.3 Å². The van der Waals surface area contributed by atoms with Crippen molar-refractivity contribution in [3.63, 3.8) is 0 Å². The molecule has 3 aliphatic rings. The molecule has 6 rings (SSSR count). The van der Waals surface area contributed by atoms with Gasteiger partial charge in [0.1, 0.15) is 16.7 Å². The number of aromatic nitrogens is 4. The summed E-state index contributed by atoms with van der Waals surface area (Å²) in [6.07, 6.45) is 3.24. The summed E-state index contributed by atoms with van der Waals surface area (Å²) in [6.45, 7) is -0.687. The molecule has 2 aliphatic heterocycles. The monoisotopic (exact) mass is 722 g/mol. The SMILES string of the molecule is O=C(Cc1csc(N2CC(F)(F)C2)n1)Nc1nnc(C2CCCC(CNNC(S)NC(O)Cc3csc(N4CC(F)(F)C4)n3)C2)s1. The van der Waals surface area contributed by atoms with Crippen molar-refractivity contribution in [2.45, 2.75) is 68.0 Å². The molecule has 0 bridgehead atoms. The molecule has 5 N–H and O–H groups in total. The molecule has 46 heavy (non-hydrogen) atoms. The first-order valence-corrected chi connectivity index (χ1v) is 17.9. The summed E-state index contributed by atoms with van der Waals surface area (Å²) >= 11 is 8.32. The number of anilines is 3. The second-order valence-electron chi connectivity index (χ2n) is 11.9. The lowest BCUT2D eigenvalue weighted by atomic mass is 9.82. The number of hydrogen-bond acceptors (Lipinski definition) is 15. The Labute approximate surface area is 279 Å². The van der Waals surface area contributed by atoms with Crippen molar-refractivity contribution in [2.75, 3.05) is 47.8 Å². The van der Waals surface area contributed by atoms with E-state index in [9.17, 15) is 27.5 Å². The molecule has 1 aliphatic carbocycles. The molecule has 3 aromatic rings. The van der Waals surface area contributed by atoms with Crippen LogP contribution in [0.2, 0.25) is 0 Å². The third-order valence-corrected chi connectivity index (χ3v) is 11.0. The number of carbonyl (C=O) groups excluding carboxylic acids is 1. The highest BCUT2D eigenvalue weighted by atomic mass is 32.1. The fourth-order valence-corrected chi connectivity index (χ4v) is 8.45. The van der Waals surface area contributed by atoms with E-state index >= 15 is 0 Å². The van der Waals surface area contributed by atoms with Gasteiger partial charge in [-0.25, -0.2) is 33.0 Å². The summed E-state index contributed by atoms with van der Waals surface area (Å²) in [5.74, 6) is -5.05. The lowest BCUT2D eigenvalue weighted by Gasteiger charge is -2.38. The molecule has 0 spiro atoms. The van der Waals surface area contributed by atoms with Gasteiger partial charge in [-0.1, -0.05) is 17.8 Å². The Morgan fingerprint density at radius 1 is 1.02 bits per heavy atom. The molecule has 3 aromatic heterocycles. The summed E-state index contributed by atoms with van der Waals surface area (Å²) < 4.78 is 52.5. The summed E-state index contributed by atoms with van der Waals surface area (Å²) in [4.78, 5) is 24.2. The summed E-state index contributed by atoms with van der Waals surface area (Å²) in [5, 5.41) is 30.3. The van der Waals surface area contributed by atoms with E-state index in [2.05, 4.69) is 54.3 Å². The molecule has 1 saturated carbocycles. The Morgan fingerprint density at radius 2 is 1.67 bits per heavy atom. The zero-order valence-corrected chi connectivity index (χ0v) is 27.8. The maximum atomic E-state index is 13.1. The number of thiazole rings is 2. The Morgan fingerprint density at radius 3 is 2.35 bits per heavy atom. The number of alkyl halides is 4. The van der Waals surface area contributed by atoms with Crippen LogP contribution in [0, 0.1) is 5.92 Å². The van der Waals surface area contributed by atoms with Gasteiger partial charge < -0.3 is 20.2 Å². The number of amides is 1. The number of hydrogen-bond donors (Lipinski definition) is 6. The van der Waals surface area contributed by atoms with E-state index in [0.717, 1.165) is 30.7 Å². The third kappa shape index (κ3) is 8.82. The average Bonchev–Trinajstić information content (AvgIpc) is 3.72. The molecule has 1 amide bonds. The Kier molecular flexibility index (Phi) is 10.3. The molecule has 0 aromatic carbocycles. The molecule has 2 saturated heterocycles. The van der Waals surface area contributed by atoms with Crippen molar-refractivity contribution < 1.29 is 27.5 Å². The largest absolute Gasteiger partial charge is 0.378 e. The number of nitrogens with zero attached hydrogens (tertiary/aromatic N) is 6. The molecule has 4 unspecified atom stereocenters. The average molecular weight is 723 g/mol. The second-order valence-corrected chi connectivity index (χ2v) is 15.1. The molecule has 12 nitrogen and oxygen atoms in total. The normalized spacial score (nSPS) is 23.4. The lowest BCUT2D eigenvalue weighted by molar-refractivity contribution is -0.115. The second kappa shape index (κ2) is 14.1. The van der Waals surface area contributed by atoms with Gasteiger partial charge in [0, 0.05) is 29.6 Å². The van der Waals surface area contributed by atoms with Crippen LogP contribution in [0.1, 0.15) is 48.0 Å². The van der Waals surface area contributed by atoms with Crippen LogP contribution in [0.3, 0.4) is 0 Å². The Balaban J connectivity index is 0.881. The molecule has 4 atom stereocenters. The minimum atomic E-state index is -2.68. The van der Waals surface area contributed by atoms with Gasteiger partial charge in [-0.3, -0.25) is 15.5 Å². The fourth-order valence-electron chi connectivity index (χ4n) is 5.61. The lowest BCUT2D eigenvalue weighted by Crippen LogP contribution is -2.56. The highest BCUT2D eigenvalue weighted by Crippen LogP contribution is 2.38. The Hall–Kier alpha value is -2.20. The molecular weight excluding hydrogens is 689 g/mol. The van der Waals surface area contributed by atoms with Crippen molar-refractivity contribution in [3.05, 3.63) is 27.2 Å². The topological polar surface area (TPSA) is 143 Å². The van der Waals surface area contributed by atoms with Gasteiger partial charge in [-0.05, 0) is 25.2 Å². The molecule has 5 heterocycles. The number of nitrogens with one attached hydrogen (secondary N) is 4. The van der Waals surface area contributed by atoms with Crippen LogP contribution in [0.4, 0.5) is 33.0 Å². The minimum absolute atomic E-state index is 0.0200. The van der Waals surface area contributed by atoms with Crippen LogP contribution in [-0.2, 0) is 17.6 Å². The Bertz CT molecular complexity index is 1480. The minimum Gasteiger partial charge on any atom is -0.378 e. The van der Waals surface area contributed by atoms with Crippen LogP contribution in [0.15, 0.2) is 10.8 Å².